The van der Waals surface area contributed by atoms with Crippen LogP contribution in [0.3, 0.4) is 0 Å². The molecule has 6 nitrogen and oxygen atoms in total. The van der Waals surface area contributed by atoms with E-state index >= 15 is 0 Å². The Labute approximate surface area is 182 Å². The van der Waals surface area contributed by atoms with Crippen molar-refractivity contribution < 1.29 is 9.53 Å². The van der Waals surface area contributed by atoms with Gasteiger partial charge in [-0.15, -0.1) is 0 Å². The molecule has 0 N–H and O–H groups in total. The van der Waals surface area contributed by atoms with Crippen LogP contribution in [0.15, 0.2) is 48.7 Å². The zero-order valence-electron chi connectivity index (χ0n) is 18.0. The van der Waals surface area contributed by atoms with E-state index in [2.05, 4.69) is 23.2 Å². The summed E-state index contributed by atoms with van der Waals surface area (Å²) >= 11 is 0. The van der Waals surface area contributed by atoms with Crippen molar-refractivity contribution in [1.29, 1.82) is 5.26 Å². The van der Waals surface area contributed by atoms with E-state index in [1.165, 1.54) is 11.1 Å². The first-order chi connectivity index (χ1) is 15.2. The third kappa shape index (κ3) is 4.37. The van der Waals surface area contributed by atoms with Crippen molar-refractivity contribution in [3.05, 3.63) is 82.2 Å². The molecule has 0 aliphatic carbocycles. The monoisotopic (exact) mass is 414 g/mol. The van der Waals surface area contributed by atoms with Crippen LogP contribution in [0, 0.1) is 11.3 Å². The number of fused-ring (bicyclic) bond motifs is 2. The number of aromatic nitrogens is 2. The maximum atomic E-state index is 11.6. The van der Waals surface area contributed by atoms with Gasteiger partial charge in [0.2, 0.25) is 0 Å². The maximum Gasteiger partial charge on any atom is 0.338 e. The molecular weight excluding hydrogens is 388 g/mol. The highest BCUT2D eigenvalue weighted by Gasteiger charge is 2.22. The first-order valence-corrected chi connectivity index (χ1v) is 10.8. The van der Waals surface area contributed by atoms with Crippen LogP contribution < -0.4 is 0 Å². The van der Waals surface area contributed by atoms with Gasteiger partial charge < -0.3 is 4.74 Å². The quantitative estimate of drug-likeness (QED) is 0.603. The fourth-order valence-corrected chi connectivity index (χ4v) is 4.01. The third-order valence-electron chi connectivity index (χ3n) is 5.66. The molecule has 6 heteroatoms. The van der Waals surface area contributed by atoms with Gasteiger partial charge in [0, 0.05) is 43.4 Å². The second kappa shape index (κ2) is 9.15. The molecule has 5 rings (SSSR count). The molecule has 31 heavy (non-hydrogen) atoms. The van der Waals surface area contributed by atoms with Crippen LogP contribution >= 0.6 is 0 Å². The molecule has 2 aromatic carbocycles. The van der Waals surface area contributed by atoms with E-state index in [9.17, 15) is 4.79 Å². The molecule has 0 spiro atoms. The lowest BCUT2D eigenvalue weighted by Gasteiger charge is -2.25. The fraction of sp³-hybridized carbons (Fsp3) is 0.320. The summed E-state index contributed by atoms with van der Waals surface area (Å²) < 4.78 is 7.00. The number of rotatable bonds is 4. The average molecular weight is 415 g/mol. The number of cyclic esters (lactones) is 1. The second-order valence-electron chi connectivity index (χ2n) is 7.55. The molecule has 0 amide bonds. The van der Waals surface area contributed by atoms with Crippen LogP contribution in [0.5, 0.6) is 0 Å². The SMILES string of the molecule is CC.N#Cc1ccc(-n2cc3c(n2)CCN(CCc2ccc4c(c2)COC4=O)C3)cc1. The Bertz CT molecular complexity index is 1130. The van der Waals surface area contributed by atoms with Crippen LogP contribution in [0.4, 0.5) is 0 Å². The molecule has 0 radical (unpaired) electrons. The normalized spacial score (nSPS) is 14.7. The number of carbonyl (C=O) groups excluding carboxylic acids is 1. The minimum absolute atomic E-state index is 0.214. The van der Waals surface area contributed by atoms with Crippen LogP contribution in [0.25, 0.3) is 5.69 Å². The summed E-state index contributed by atoms with van der Waals surface area (Å²) in [7, 11) is 0. The lowest BCUT2D eigenvalue weighted by atomic mass is 10.0. The van der Waals surface area contributed by atoms with Gasteiger partial charge in [0.1, 0.15) is 6.61 Å². The Morgan fingerprint density at radius 3 is 2.71 bits per heavy atom. The smallest absolute Gasteiger partial charge is 0.338 e. The van der Waals surface area contributed by atoms with Crippen molar-refractivity contribution in [3.63, 3.8) is 0 Å². The number of benzene rings is 2. The van der Waals surface area contributed by atoms with Gasteiger partial charge >= 0.3 is 5.97 Å². The zero-order chi connectivity index (χ0) is 21.8. The van der Waals surface area contributed by atoms with Gasteiger partial charge in [-0.1, -0.05) is 26.0 Å². The van der Waals surface area contributed by atoms with E-state index in [0.717, 1.165) is 49.4 Å². The van der Waals surface area contributed by atoms with Gasteiger partial charge in [-0.25, -0.2) is 9.48 Å². The lowest BCUT2D eigenvalue weighted by molar-refractivity contribution is 0.0535. The van der Waals surface area contributed by atoms with Crippen molar-refractivity contribution in [2.45, 2.75) is 39.8 Å². The van der Waals surface area contributed by atoms with Crippen molar-refractivity contribution in [2.24, 2.45) is 0 Å². The van der Waals surface area contributed by atoms with Crippen molar-refractivity contribution >= 4 is 5.97 Å². The Kier molecular flexibility index (Phi) is 6.15. The maximum absolute atomic E-state index is 11.6. The molecule has 3 aromatic rings. The molecule has 2 aliphatic rings. The number of hydrogen-bond acceptors (Lipinski definition) is 5. The first-order valence-electron chi connectivity index (χ1n) is 10.8. The number of esters is 1. The van der Waals surface area contributed by atoms with Gasteiger partial charge in [-0.2, -0.15) is 10.4 Å². The Balaban J connectivity index is 0.00000112. The van der Waals surface area contributed by atoms with E-state index in [-0.39, 0.29) is 5.97 Å². The molecule has 158 valence electrons. The van der Waals surface area contributed by atoms with Crippen molar-refractivity contribution in [2.75, 3.05) is 13.1 Å². The molecular formula is C25H26N4O2. The number of nitrogens with zero attached hydrogens (tertiary/aromatic N) is 4. The highest BCUT2D eigenvalue weighted by atomic mass is 16.5. The van der Waals surface area contributed by atoms with Gasteiger partial charge in [0.25, 0.3) is 0 Å². The molecule has 2 aliphatic heterocycles. The highest BCUT2D eigenvalue weighted by Crippen LogP contribution is 2.23. The largest absolute Gasteiger partial charge is 0.457 e. The molecule has 0 saturated carbocycles. The Morgan fingerprint density at radius 1 is 1.13 bits per heavy atom. The van der Waals surface area contributed by atoms with E-state index in [1.54, 1.807) is 0 Å². The minimum Gasteiger partial charge on any atom is -0.457 e. The Morgan fingerprint density at radius 2 is 1.94 bits per heavy atom. The van der Waals surface area contributed by atoms with E-state index < -0.39 is 0 Å². The average Bonchev–Trinajstić information content (AvgIpc) is 3.42. The minimum atomic E-state index is -0.214. The summed E-state index contributed by atoms with van der Waals surface area (Å²) in [5, 5.41) is 13.7. The van der Waals surface area contributed by atoms with Crippen LogP contribution in [-0.2, 0) is 30.7 Å². The van der Waals surface area contributed by atoms with Gasteiger partial charge in [-0.3, -0.25) is 4.90 Å². The number of carbonyl (C=O) groups is 1. The van der Waals surface area contributed by atoms with Gasteiger partial charge in [-0.05, 0) is 42.3 Å². The highest BCUT2D eigenvalue weighted by molar-refractivity contribution is 5.93. The van der Waals surface area contributed by atoms with E-state index in [4.69, 9.17) is 15.1 Å². The van der Waals surface area contributed by atoms with Crippen molar-refractivity contribution in [3.8, 4) is 11.8 Å². The third-order valence-corrected chi connectivity index (χ3v) is 5.66. The molecule has 0 unspecified atom stereocenters. The number of nitriles is 1. The first kappa shape index (κ1) is 20.8. The van der Waals surface area contributed by atoms with Crippen LogP contribution in [-0.4, -0.2) is 33.7 Å². The molecule has 0 atom stereocenters. The standard InChI is InChI=1S/C23H20N4O2.C2H6/c24-12-17-1-4-20(5-2-17)27-14-19-13-26(10-8-22(19)25-27)9-7-16-3-6-21-18(11-16)15-29-23(21)28;1-2/h1-6,11,14H,7-10,13,15H2;1-2H3. The summed E-state index contributed by atoms with van der Waals surface area (Å²) in [6.45, 7) is 7.24. The lowest BCUT2D eigenvalue weighted by Crippen LogP contribution is -2.31. The van der Waals surface area contributed by atoms with Crippen LogP contribution in [0.1, 0.15) is 52.2 Å². The summed E-state index contributed by atoms with van der Waals surface area (Å²) in [6.07, 6.45) is 3.98. The molecule has 3 heterocycles. The summed E-state index contributed by atoms with van der Waals surface area (Å²) in [5.41, 5.74) is 6.97. The number of hydrogen-bond donors (Lipinski definition) is 0. The summed E-state index contributed by atoms with van der Waals surface area (Å²) in [5.74, 6) is -0.214. The summed E-state index contributed by atoms with van der Waals surface area (Å²) in [6, 6.07) is 15.6. The molecule has 0 fully saturated rings. The van der Waals surface area contributed by atoms with Gasteiger partial charge in [0.15, 0.2) is 0 Å². The zero-order valence-corrected chi connectivity index (χ0v) is 18.0. The summed E-state index contributed by atoms with van der Waals surface area (Å²) in [4.78, 5) is 14.0. The predicted molar refractivity (Wildman–Crippen MR) is 118 cm³/mol. The number of ether oxygens (including phenoxy) is 1. The van der Waals surface area contributed by atoms with Crippen molar-refractivity contribution in [1.82, 2.24) is 14.7 Å². The molecule has 0 bridgehead atoms. The van der Waals surface area contributed by atoms with Gasteiger partial charge in [0.05, 0.1) is 28.6 Å². The fourth-order valence-electron chi connectivity index (χ4n) is 4.01. The topological polar surface area (TPSA) is 71.2 Å². The Hall–Kier alpha value is -3.43. The molecule has 0 saturated heterocycles. The molecule has 1 aromatic heterocycles. The van der Waals surface area contributed by atoms with E-state index in [0.29, 0.717) is 17.7 Å². The van der Waals surface area contributed by atoms with E-state index in [1.807, 2.05) is 54.9 Å². The second-order valence-corrected chi connectivity index (χ2v) is 7.55. The predicted octanol–water partition coefficient (Wildman–Crippen LogP) is 4.04. The van der Waals surface area contributed by atoms with Crippen LogP contribution in [0.2, 0.25) is 0 Å².